The van der Waals surface area contributed by atoms with Crippen LogP contribution < -0.4 is 5.73 Å². The number of hydrogen-bond acceptors (Lipinski definition) is 6. The zero-order valence-corrected chi connectivity index (χ0v) is 15.3. The number of esters is 1. The lowest BCUT2D eigenvalue weighted by Gasteiger charge is -2.26. The molecule has 7 heteroatoms. The van der Waals surface area contributed by atoms with Crippen LogP contribution in [0.1, 0.15) is 26.3 Å². The van der Waals surface area contributed by atoms with Gasteiger partial charge in [0.2, 0.25) is 5.78 Å². The third-order valence-corrected chi connectivity index (χ3v) is 3.39. The Kier molecular flexibility index (Phi) is 7.51. The van der Waals surface area contributed by atoms with Gasteiger partial charge in [-0.15, -0.1) is 0 Å². The van der Waals surface area contributed by atoms with Crippen molar-refractivity contribution in [2.24, 2.45) is 5.73 Å². The van der Waals surface area contributed by atoms with Crippen molar-refractivity contribution in [3.05, 3.63) is 40.4 Å². The van der Waals surface area contributed by atoms with Crippen molar-refractivity contribution >= 4 is 33.6 Å². The molecular weight excluding hydrogens is 378 g/mol. The van der Waals surface area contributed by atoms with Crippen molar-refractivity contribution in [3.63, 3.8) is 0 Å². The molecule has 0 heterocycles. The molecule has 0 aromatic heterocycles. The summed E-state index contributed by atoms with van der Waals surface area (Å²) in [6.07, 6.45) is -1.36. The lowest BCUT2D eigenvalue weighted by Crippen LogP contribution is -2.50. The maximum atomic E-state index is 12.2. The maximum Gasteiger partial charge on any atom is 0.326 e. The Hall–Kier alpha value is -1.79. The van der Waals surface area contributed by atoms with Crippen LogP contribution in [0, 0.1) is 0 Å². The molecule has 1 rings (SSSR count). The Labute approximate surface area is 149 Å². The van der Waals surface area contributed by atoms with E-state index >= 15 is 0 Å². The minimum Gasteiger partial charge on any atom is -0.459 e. The summed E-state index contributed by atoms with van der Waals surface area (Å²) in [5.41, 5.74) is 5.87. The number of rotatable bonds is 7. The Bertz CT molecular complexity index is 632. The molecule has 0 fully saturated rings. The molecule has 0 amide bonds. The number of Topliss-reactive ketones (excluding diaryl/α,β-unsaturated/α-hetero) is 1. The SMILES string of the molecule is CC(C)(C)OC(=O)C(N)C(OCc1ccccc1)C(=O)C(Br)=C=O. The van der Waals surface area contributed by atoms with Crippen molar-refractivity contribution in [2.45, 2.75) is 45.1 Å². The summed E-state index contributed by atoms with van der Waals surface area (Å²) >= 11 is 2.80. The standard InChI is InChI=1S/C17H20BrNO5/c1-17(2,3)24-16(22)13(19)15(14(21)12(18)9-20)23-10-11-7-5-4-6-8-11/h4-8,13,15H,10,19H2,1-3H3. The summed E-state index contributed by atoms with van der Waals surface area (Å²) in [5.74, 6) is -0.125. The second kappa shape index (κ2) is 8.89. The van der Waals surface area contributed by atoms with E-state index in [0.29, 0.717) is 0 Å². The number of carbonyl (C=O) groups is 2. The highest BCUT2D eigenvalue weighted by Crippen LogP contribution is 2.16. The first-order valence-corrected chi connectivity index (χ1v) is 8.04. The average Bonchev–Trinajstić information content (AvgIpc) is 2.53. The normalized spacial score (nSPS) is 13.5. The van der Waals surface area contributed by atoms with E-state index < -0.39 is 29.5 Å². The molecule has 0 spiro atoms. The van der Waals surface area contributed by atoms with Crippen LogP contribution in [0.15, 0.2) is 34.8 Å². The van der Waals surface area contributed by atoms with Crippen molar-refractivity contribution in [3.8, 4) is 0 Å². The smallest absolute Gasteiger partial charge is 0.326 e. The molecular formula is C17H20BrNO5. The molecule has 1 aromatic carbocycles. The van der Waals surface area contributed by atoms with Gasteiger partial charge in [-0.1, -0.05) is 30.3 Å². The van der Waals surface area contributed by atoms with E-state index in [1.54, 1.807) is 32.9 Å². The molecule has 0 aliphatic rings. The summed E-state index contributed by atoms with van der Waals surface area (Å²) in [6.45, 7) is 5.09. The minimum atomic E-state index is -1.37. The Morgan fingerprint density at radius 2 is 1.83 bits per heavy atom. The first-order chi connectivity index (χ1) is 11.2. The number of nitrogens with two attached hydrogens (primary N) is 1. The van der Waals surface area contributed by atoms with Crippen LogP contribution in [0.4, 0.5) is 0 Å². The van der Waals surface area contributed by atoms with Crippen LogP contribution in [0.25, 0.3) is 0 Å². The molecule has 0 saturated carbocycles. The van der Waals surface area contributed by atoms with Gasteiger partial charge in [0.05, 0.1) is 6.61 Å². The predicted molar refractivity (Wildman–Crippen MR) is 92.0 cm³/mol. The summed E-state index contributed by atoms with van der Waals surface area (Å²) in [4.78, 5) is 35.1. The van der Waals surface area contributed by atoms with Gasteiger partial charge >= 0.3 is 5.97 Å². The van der Waals surface area contributed by atoms with E-state index in [2.05, 4.69) is 15.9 Å². The van der Waals surface area contributed by atoms with Crippen LogP contribution in [0.2, 0.25) is 0 Å². The van der Waals surface area contributed by atoms with Crippen molar-refractivity contribution in [1.82, 2.24) is 0 Å². The third-order valence-electron chi connectivity index (χ3n) is 2.84. The lowest BCUT2D eigenvalue weighted by molar-refractivity contribution is -0.162. The molecule has 2 unspecified atom stereocenters. The summed E-state index contributed by atoms with van der Waals surface area (Å²) in [6, 6.07) is 7.68. The molecule has 0 radical (unpaired) electrons. The van der Waals surface area contributed by atoms with Gasteiger partial charge < -0.3 is 15.2 Å². The highest BCUT2D eigenvalue weighted by Gasteiger charge is 2.36. The van der Waals surface area contributed by atoms with Gasteiger partial charge in [-0.3, -0.25) is 9.59 Å². The highest BCUT2D eigenvalue weighted by atomic mass is 79.9. The van der Waals surface area contributed by atoms with Crippen LogP contribution >= 0.6 is 15.9 Å². The number of ketones is 1. The zero-order chi connectivity index (χ0) is 18.3. The van der Waals surface area contributed by atoms with Crippen molar-refractivity contribution < 1.29 is 23.9 Å². The Balaban J connectivity index is 2.94. The molecule has 0 aliphatic carbocycles. The largest absolute Gasteiger partial charge is 0.459 e. The first kappa shape index (κ1) is 20.3. The molecule has 0 bridgehead atoms. The van der Waals surface area contributed by atoms with Crippen molar-refractivity contribution in [2.75, 3.05) is 0 Å². The van der Waals surface area contributed by atoms with E-state index in [1.807, 2.05) is 18.2 Å². The minimum absolute atomic E-state index is 0.0485. The Morgan fingerprint density at radius 1 is 1.25 bits per heavy atom. The fourth-order valence-corrected chi connectivity index (χ4v) is 2.00. The van der Waals surface area contributed by atoms with E-state index in [9.17, 15) is 14.4 Å². The third kappa shape index (κ3) is 6.37. The molecule has 0 saturated heterocycles. The van der Waals surface area contributed by atoms with Crippen molar-refractivity contribution in [1.29, 1.82) is 0 Å². The molecule has 2 atom stereocenters. The second-order valence-corrected chi connectivity index (χ2v) is 6.85. The molecule has 0 aliphatic heterocycles. The van der Waals surface area contributed by atoms with Gasteiger partial charge in [-0.25, -0.2) is 4.79 Å². The van der Waals surface area contributed by atoms with E-state index in [0.717, 1.165) is 5.56 Å². The molecule has 1 aromatic rings. The molecule has 24 heavy (non-hydrogen) atoms. The molecule has 2 N–H and O–H groups in total. The topological polar surface area (TPSA) is 95.7 Å². The average molecular weight is 398 g/mol. The summed E-state index contributed by atoms with van der Waals surface area (Å²) < 4.78 is 10.3. The van der Waals surface area contributed by atoms with Gasteiger partial charge in [0.1, 0.15) is 28.2 Å². The summed E-state index contributed by atoms with van der Waals surface area (Å²) in [5, 5.41) is 0. The highest BCUT2D eigenvalue weighted by molar-refractivity contribution is 9.12. The quantitative estimate of drug-likeness (QED) is 0.428. The van der Waals surface area contributed by atoms with Gasteiger partial charge in [-0.2, -0.15) is 0 Å². The van der Waals surface area contributed by atoms with E-state index in [4.69, 9.17) is 15.2 Å². The second-order valence-electron chi connectivity index (χ2n) is 6.06. The maximum absolute atomic E-state index is 12.2. The molecule has 6 nitrogen and oxygen atoms in total. The van der Waals surface area contributed by atoms with Gasteiger partial charge in [0.15, 0.2) is 0 Å². The zero-order valence-electron chi connectivity index (χ0n) is 13.7. The monoisotopic (exact) mass is 397 g/mol. The van der Waals surface area contributed by atoms with E-state index in [1.165, 1.54) is 5.94 Å². The van der Waals surface area contributed by atoms with Crippen LogP contribution in [-0.4, -0.2) is 35.4 Å². The fraction of sp³-hybridized carbons (Fsp3) is 0.412. The number of carbonyl (C=O) groups excluding carboxylic acids is 3. The van der Waals surface area contributed by atoms with Gasteiger partial charge in [0.25, 0.3) is 0 Å². The molecule has 130 valence electrons. The lowest BCUT2D eigenvalue weighted by atomic mass is 10.1. The van der Waals surface area contributed by atoms with Gasteiger partial charge in [-0.05, 0) is 42.3 Å². The summed E-state index contributed by atoms with van der Waals surface area (Å²) in [7, 11) is 0. The van der Waals surface area contributed by atoms with Crippen LogP contribution in [-0.2, 0) is 30.5 Å². The van der Waals surface area contributed by atoms with Crippen LogP contribution in [0.5, 0.6) is 0 Å². The Morgan fingerprint density at radius 3 is 2.33 bits per heavy atom. The number of benzene rings is 1. The first-order valence-electron chi connectivity index (χ1n) is 7.24. The van der Waals surface area contributed by atoms with E-state index in [-0.39, 0.29) is 11.1 Å². The van der Waals surface area contributed by atoms with Gasteiger partial charge in [0, 0.05) is 0 Å². The number of ether oxygens (including phenoxy) is 2. The fourth-order valence-electron chi connectivity index (χ4n) is 1.77. The number of halogens is 1. The number of hydrogen-bond donors (Lipinski definition) is 1. The van der Waals surface area contributed by atoms with Crippen LogP contribution in [0.3, 0.4) is 0 Å². The predicted octanol–water partition coefficient (Wildman–Crippen LogP) is 1.92.